The Morgan fingerprint density at radius 1 is 1.45 bits per heavy atom. The Kier molecular flexibility index (Phi) is 6.64. The fourth-order valence-corrected chi connectivity index (χ4v) is 2.17. The van der Waals surface area contributed by atoms with Crippen molar-refractivity contribution >= 4 is 27.6 Å². The molecule has 0 saturated carbocycles. The fraction of sp³-hybridized carbons (Fsp3) is 0.500. The Balaban J connectivity index is 2.42. The number of carbonyl (C=O) groups is 1. The molecule has 1 aromatic rings. The van der Waals surface area contributed by atoms with Crippen LogP contribution in [0.15, 0.2) is 24.3 Å². The second-order valence-electron chi connectivity index (χ2n) is 4.77. The lowest BCUT2D eigenvalue weighted by Crippen LogP contribution is -2.21. The molecule has 0 fully saturated rings. The number of halogens is 1. The SMILES string of the molecule is CC(C)OC(=O)C(Br)CCCc1cccc([N+](=O)[O-])c1. The van der Waals surface area contributed by atoms with Crippen LogP contribution in [0.5, 0.6) is 0 Å². The molecular formula is C14H18BrNO4. The molecule has 5 nitrogen and oxygen atoms in total. The summed E-state index contributed by atoms with van der Waals surface area (Å²) in [6, 6.07) is 6.56. The number of aryl methyl sites for hydroxylation is 1. The third-order valence-electron chi connectivity index (χ3n) is 2.65. The van der Waals surface area contributed by atoms with E-state index in [-0.39, 0.29) is 22.6 Å². The third-order valence-corrected chi connectivity index (χ3v) is 3.48. The summed E-state index contributed by atoms with van der Waals surface area (Å²) in [7, 11) is 0. The van der Waals surface area contributed by atoms with Gasteiger partial charge in [0.15, 0.2) is 0 Å². The van der Waals surface area contributed by atoms with E-state index in [1.165, 1.54) is 6.07 Å². The van der Waals surface area contributed by atoms with Gasteiger partial charge in [-0.25, -0.2) is 0 Å². The van der Waals surface area contributed by atoms with Crippen molar-refractivity contribution in [1.29, 1.82) is 0 Å². The van der Waals surface area contributed by atoms with Gasteiger partial charge in [0, 0.05) is 12.1 Å². The van der Waals surface area contributed by atoms with Gasteiger partial charge in [-0.1, -0.05) is 28.1 Å². The van der Waals surface area contributed by atoms with E-state index in [4.69, 9.17) is 4.74 Å². The molecule has 1 atom stereocenters. The van der Waals surface area contributed by atoms with E-state index >= 15 is 0 Å². The first-order valence-electron chi connectivity index (χ1n) is 6.48. The first-order chi connectivity index (χ1) is 9.40. The number of carbonyl (C=O) groups excluding carboxylic acids is 1. The summed E-state index contributed by atoms with van der Waals surface area (Å²) in [6.07, 6.45) is 1.95. The number of hydrogen-bond donors (Lipinski definition) is 0. The zero-order valence-corrected chi connectivity index (χ0v) is 13.1. The molecule has 0 saturated heterocycles. The second kappa shape index (κ2) is 7.99. The number of ether oxygens (including phenoxy) is 1. The number of non-ortho nitro benzene ring substituents is 1. The van der Waals surface area contributed by atoms with Crippen molar-refractivity contribution in [3.05, 3.63) is 39.9 Å². The highest BCUT2D eigenvalue weighted by Gasteiger charge is 2.17. The van der Waals surface area contributed by atoms with E-state index in [1.807, 2.05) is 6.07 Å². The number of nitro benzene ring substituents is 1. The molecule has 1 aromatic carbocycles. The lowest BCUT2D eigenvalue weighted by molar-refractivity contribution is -0.384. The minimum absolute atomic E-state index is 0.0945. The van der Waals surface area contributed by atoms with Crippen molar-refractivity contribution < 1.29 is 14.5 Å². The second-order valence-corrected chi connectivity index (χ2v) is 5.88. The quantitative estimate of drug-likeness (QED) is 0.328. The topological polar surface area (TPSA) is 69.4 Å². The Morgan fingerprint density at radius 2 is 2.15 bits per heavy atom. The predicted octanol–water partition coefficient (Wildman–Crippen LogP) is 3.63. The molecule has 0 heterocycles. The van der Waals surface area contributed by atoms with Gasteiger partial charge in [0.1, 0.15) is 4.83 Å². The van der Waals surface area contributed by atoms with Gasteiger partial charge < -0.3 is 4.74 Å². The molecule has 1 rings (SSSR count). The summed E-state index contributed by atoms with van der Waals surface area (Å²) in [5, 5.41) is 10.7. The van der Waals surface area contributed by atoms with Crippen molar-refractivity contribution in [2.24, 2.45) is 0 Å². The molecule has 0 radical (unpaired) electrons. The minimum Gasteiger partial charge on any atom is -0.462 e. The third kappa shape index (κ3) is 5.69. The number of alkyl halides is 1. The van der Waals surface area contributed by atoms with Gasteiger partial charge in [0.2, 0.25) is 0 Å². The van der Waals surface area contributed by atoms with Crippen molar-refractivity contribution in [2.75, 3.05) is 0 Å². The maximum Gasteiger partial charge on any atom is 0.319 e. The number of rotatable bonds is 7. The van der Waals surface area contributed by atoms with Crippen LogP contribution in [-0.4, -0.2) is 21.8 Å². The summed E-state index contributed by atoms with van der Waals surface area (Å²) in [6.45, 7) is 3.61. The number of esters is 1. The van der Waals surface area contributed by atoms with Gasteiger partial charge in [0.25, 0.3) is 5.69 Å². The smallest absolute Gasteiger partial charge is 0.319 e. The van der Waals surface area contributed by atoms with Crippen molar-refractivity contribution in [3.63, 3.8) is 0 Å². The van der Waals surface area contributed by atoms with Gasteiger partial charge in [-0.05, 0) is 38.7 Å². The van der Waals surface area contributed by atoms with Crippen molar-refractivity contribution in [3.8, 4) is 0 Å². The minimum atomic E-state index is -0.406. The summed E-state index contributed by atoms with van der Waals surface area (Å²) >= 11 is 3.30. The van der Waals surface area contributed by atoms with Crippen LogP contribution in [0.4, 0.5) is 5.69 Å². The average Bonchev–Trinajstić information content (AvgIpc) is 2.38. The summed E-state index contributed by atoms with van der Waals surface area (Å²) in [5.41, 5.74) is 0.994. The lowest BCUT2D eigenvalue weighted by atomic mass is 10.1. The maximum absolute atomic E-state index is 11.6. The predicted molar refractivity (Wildman–Crippen MR) is 80.0 cm³/mol. The first-order valence-corrected chi connectivity index (χ1v) is 7.39. The molecular weight excluding hydrogens is 326 g/mol. The zero-order chi connectivity index (χ0) is 15.1. The van der Waals surface area contributed by atoms with Crippen LogP contribution in [0.25, 0.3) is 0 Å². The number of nitrogens with zero attached hydrogens (tertiary/aromatic N) is 1. The zero-order valence-electron chi connectivity index (χ0n) is 11.5. The number of benzene rings is 1. The Bertz CT molecular complexity index is 476. The molecule has 0 spiro atoms. The molecule has 0 aliphatic carbocycles. The van der Waals surface area contributed by atoms with Crippen LogP contribution in [0.3, 0.4) is 0 Å². The molecule has 6 heteroatoms. The van der Waals surface area contributed by atoms with Gasteiger partial charge in [0.05, 0.1) is 11.0 Å². The summed E-state index contributed by atoms with van der Waals surface area (Å²) in [5.74, 6) is -0.265. The molecule has 20 heavy (non-hydrogen) atoms. The van der Waals surface area contributed by atoms with E-state index < -0.39 is 4.92 Å². The van der Waals surface area contributed by atoms with E-state index in [9.17, 15) is 14.9 Å². The van der Waals surface area contributed by atoms with Gasteiger partial charge in [-0.3, -0.25) is 14.9 Å². The maximum atomic E-state index is 11.6. The highest BCUT2D eigenvalue weighted by Crippen LogP contribution is 2.17. The Labute approximate surface area is 126 Å². The standard InChI is InChI=1S/C14H18BrNO4/c1-10(2)20-14(17)13(15)8-4-6-11-5-3-7-12(9-11)16(18)19/h3,5,7,9-10,13H,4,6,8H2,1-2H3. The molecule has 0 aliphatic rings. The molecule has 0 aliphatic heterocycles. The van der Waals surface area contributed by atoms with E-state index in [0.29, 0.717) is 12.8 Å². The highest BCUT2D eigenvalue weighted by atomic mass is 79.9. The van der Waals surface area contributed by atoms with Gasteiger partial charge in [-0.15, -0.1) is 0 Å². The molecule has 1 unspecified atom stereocenters. The van der Waals surface area contributed by atoms with Crippen LogP contribution < -0.4 is 0 Å². The summed E-state index contributed by atoms with van der Waals surface area (Å²) < 4.78 is 5.09. The molecule has 110 valence electrons. The number of nitro groups is 1. The lowest BCUT2D eigenvalue weighted by Gasteiger charge is -2.12. The highest BCUT2D eigenvalue weighted by molar-refractivity contribution is 9.10. The fourth-order valence-electron chi connectivity index (χ4n) is 1.73. The Hall–Kier alpha value is -1.43. The van der Waals surface area contributed by atoms with Gasteiger partial charge in [-0.2, -0.15) is 0 Å². The van der Waals surface area contributed by atoms with E-state index in [0.717, 1.165) is 12.0 Å². The molecule has 0 aromatic heterocycles. The summed E-state index contributed by atoms with van der Waals surface area (Å²) in [4.78, 5) is 21.5. The normalized spacial score (nSPS) is 12.2. The molecule has 0 amide bonds. The van der Waals surface area contributed by atoms with E-state index in [1.54, 1.807) is 26.0 Å². The largest absolute Gasteiger partial charge is 0.462 e. The van der Waals surface area contributed by atoms with E-state index in [2.05, 4.69) is 15.9 Å². The average molecular weight is 344 g/mol. The van der Waals surface area contributed by atoms with Crippen LogP contribution >= 0.6 is 15.9 Å². The van der Waals surface area contributed by atoms with Crippen molar-refractivity contribution in [1.82, 2.24) is 0 Å². The van der Waals surface area contributed by atoms with Gasteiger partial charge >= 0.3 is 5.97 Å². The van der Waals surface area contributed by atoms with Crippen LogP contribution in [0.2, 0.25) is 0 Å². The van der Waals surface area contributed by atoms with Crippen LogP contribution in [-0.2, 0) is 16.0 Å². The molecule has 0 N–H and O–H groups in total. The number of hydrogen-bond acceptors (Lipinski definition) is 4. The molecule has 0 bridgehead atoms. The first kappa shape index (κ1) is 16.6. The van der Waals surface area contributed by atoms with Crippen molar-refractivity contribution in [2.45, 2.75) is 44.0 Å². The van der Waals surface area contributed by atoms with Crippen LogP contribution in [0.1, 0.15) is 32.3 Å². The van der Waals surface area contributed by atoms with Crippen LogP contribution in [0, 0.1) is 10.1 Å². The Morgan fingerprint density at radius 3 is 2.75 bits per heavy atom. The monoisotopic (exact) mass is 343 g/mol.